The maximum atomic E-state index is 13.1. The molecule has 1 fully saturated rings. The van der Waals surface area contributed by atoms with Gasteiger partial charge in [0, 0.05) is 17.5 Å². The SMILES string of the molecule is O=C(O)C1CSCC(c2ccc(F)c(F)c2)N1. The van der Waals surface area contributed by atoms with Gasteiger partial charge in [-0.25, -0.2) is 8.78 Å². The number of hydrogen-bond acceptors (Lipinski definition) is 3. The van der Waals surface area contributed by atoms with Gasteiger partial charge in [-0.05, 0) is 17.7 Å². The topological polar surface area (TPSA) is 49.3 Å². The van der Waals surface area contributed by atoms with Crippen molar-refractivity contribution in [2.45, 2.75) is 12.1 Å². The Bertz CT molecular complexity index is 441. The van der Waals surface area contributed by atoms with Gasteiger partial charge in [-0.3, -0.25) is 10.1 Å². The molecule has 1 aliphatic rings. The second-order valence-electron chi connectivity index (χ2n) is 3.82. The highest BCUT2D eigenvalue weighted by Crippen LogP contribution is 2.25. The van der Waals surface area contributed by atoms with E-state index in [0.717, 1.165) is 12.1 Å². The zero-order chi connectivity index (χ0) is 12.4. The molecule has 0 radical (unpaired) electrons. The molecule has 1 heterocycles. The average Bonchev–Trinajstić information content (AvgIpc) is 2.33. The first-order valence-electron chi connectivity index (χ1n) is 5.09. The quantitative estimate of drug-likeness (QED) is 0.850. The number of carbonyl (C=O) groups is 1. The highest BCUT2D eigenvalue weighted by atomic mass is 32.2. The highest BCUT2D eigenvalue weighted by Gasteiger charge is 2.27. The summed E-state index contributed by atoms with van der Waals surface area (Å²) in [6.45, 7) is 0. The van der Waals surface area contributed by atoms with Crippen molar-refractivity contribution in [3.05, 3.63) is 35.4 Å². The van der Waals surface area contributed by atoms with E-state index in [4.69, 9.17) is 5.11 Å². The molecule has 0 saturated carbocycles. The molecule has 6 heteroatoms. The Kier molecular flexibility index (Phi) is 3.63. The van der Waals surface area contributed by atoms with Crippen molar-refractivity contribution in [2.24, 2.45) is 0 Å². The number of thioether (sulfide) groups is 1. The van der Waals surface area contributed by atoms with E-state index in [2.05, 4.69) is 5.32 Å². The van der Waals surface area contributed by atoms with Crippen molar-refractivity contribution < 1.29 is 18.7 Å². The van der Waals surface area contributed by atoms with Crippen LogP contribution in [0.15, 0.2) is 18.2 Å². The van der Waals surface area contributed by atoms with Gasteiger partial charge in [-0.2, -0.15) is 11.8 Å². The number of carboxylic acid groups (broad SMARTS) is 1. The first kappa shape index (κ1) is 12.3. The number of carboxylic acids is 1. The normalized spacial score (nSPS) is 24.6. The van der Waals surface area contributed by atoms with E-state index in [1.165, 1.54) is 17.8 Å². The monoisotopic (exact) mass is 259 g/mol. The second-order valence-corrected chi connectivity index (χ2v) is 4.90. The third kappa shape index (κ3) is 2.76. The second kappa shape index (κ2) is 5.01. The number of halogens is 2. The van der Waals surface area contributed by atoms with Crippen LogP contribution < -0.4 is 5.32 Å². The van der Waals surface area contributed by atoms with Gasteiger partial charge < -0.3 is 5.11 Å². The van der Waals surface area contributed by atoms with Crippen LogP contribution in [0.2, 0.25) is 0 Å². The molecule has 1 aromatic rings. The fourth-order valence-electron chi connectivity index (χ4n) is 1.71. The van der Waals surface area contributed by atoms with Gasteiger partial charge in [-0.15, -0.1) is 0 Å². The highest BCUT2D eigenvalue weighted by molar-refractivity contribution is 7.99. The molecule has 2 unspecified atom stereocenters. The summed E-state index contributed by atoms with van der Waals surface area (Å²) in [5, 5.41) is 11.8. The molecule has 1 saturated heterocycles. The van der Waals surface area contributed by atoms with Crippen LogP contribution in [0.5, 0.6) is 0 Å². The maximum absolute atomic E-state index is 13.1. The average molecular weight is 259 g/mol. The largest absolute Gasteiger partial charge is 0.480 e. The molecule has 1 aromatic carbocycles. The van der Waals surface area contributed by atoms with Gasteiger partial charge in [0.2, 0.25) is 0 Å². The van der Waals surface area contributed by atoms with Crippen molar-refractivity contribution >= 4 is 17.7 Å². The summed E-state index contributed by atoms with van der Waals surface area (Å²) in [6, 6.07) is 2.73. The summed E-state index contributed by atoms with van der Waals surface area (Å²) in [4.78, 5) is 10.8. The number of aliphatic carboxylic acids is 1. The smallest absolute Gasteiger partial charge is 0.321 e. The van der Waals surface area contributed by atoms with Gasteiger partial charge in [-0.1, -0.05) is 6.07 Å². The van der Waals surface area contributed by atoms with E-state index < -0.39 is 23.6 Å². The van der Waals surface area contributed by atoms with Crippen molar-refractivity contribution in [2.75, 3.05) is 11.5 Å². The number of rotatable bonds is 2. The molecule has 0 bridgehead atoms. The lowest BCUT2D eigenvalue weighted by molar-refractivity contribution is -0.139. The van der Waals surface area contributed by atoms with Crippen LogP contribution in [0.3, 0.4) is 0 Å². The van der Waals surface area contributed by atoms with Crippen LogP contribution in [0.25, 0.3) is 0 Å². The molecule has 0 aliphatic carbocycles. The Balaban J connectivity index is 2.16. The molecule has 2 atom stereocenters. The van der Waals surface area contributed by atoms with Gasteiger partial charge in [0.15, 0.2) is 11.6 Å². The molecule has 1 aliphatic heterocycles. The van der Waals surface area contributed by atoms with Crippen molar-refractivity contribution in [3.8, 4) is 0 Å². The van der Waals surface area contributed by atoms with Gasteiger partial charge >= 0.3 is 5.97 Å². The first-order valence-corrected chi connectivity index (χ1v) is 6.25. The van der Waals surface area contributed by atoms with E-state index in [9.17, 15) is 13.6 Å². The number of nitrogens with one attached hydrogen (secondary N) is 1. The third-order valence-electron chi connectivity index (χ3n) is 2.62. The van der Waals surface area contributed by atoms with Crippen LogP contribution in [-0.2, 0) is 4.79 Å². The lowest BCUT2D eigenvalue weighted by Crippen LogP contribution is -2.45. The van der Waals surface area contributed by atoms with Crippen molar-refractivity contribution in [3.63, 3.8) is 0 Å². The van der Waals surface area contributed by atoms with Crippen LogP contribution in [0, 0.1) is 11.6 Å². The van der Waals surface area contributed by atoms with Crippen LogP contribution in [0.4, 0.5) is 8.78 Å². The van der Waals surface area contributed by atoms with E-state index in [1.807, 2.05) is 0 Å². The minimum atomic E-state index is -0.926. The van der Waals surface area contributed by atoms with Crippen molar-refractivity contribution in [1.82, 2.24) is 5.32 Å². The lowest BCUT2D eigenvalue weighted by Gasteiger charge is -2.28. The zero-order valence-corrected chi connectivity index (χ0v) is 9.64. The fraction of sp³-hybridized carbons (Fsp3) is 0.364. The molecule has 0 aromatic heterocycles. The summed E-state index contributed by atoms with van der Waals surface area (Å²) in [6.07, 6.45) is 0. The molecule has 92 valence electrons. The minimum absolute atomic E-state index is 0.259. The molecule has 0 amide bonds. The summed E-state index contributed by atoms with van der Waals surface area (Å²) in [5.41, 5.74) is 0.572. The molecular weight excluding hydrogens is 248 g/mol. The van der Waals surface area contributed by atoms with Gasteiger partial charge in [0.05, 0.1) is 0 Å². The summed E-state index contributed by atoms with van der Waals surface area (Å²) in [7, 11) is 0. The van der Waals surface area contributed by atoms with Crippen LogP contribution in [0.1, 0.15) is 11.6 Å². The molecule has 2 rings (SSSR count). The number of hydrogen-bond donors (Lipinski definition) is 2. The maximum Gasteiger partial charge on any atom is 0.321 e. The van der Waals surface area contributed by atoms with E-state index >= 15 is 0 Å². The van der Waals surface area contributed by atoms with E-state index in [0.29, 0.717) is 17.1 Å². The van der Waals surface area contributed by atoms with Crippen LogP contribution in [-0.4, -0.2) is 28.6 Å². The van der Waals surface area contributed by atoms with E-state index in [-0.39, 0.29) is 6.04 Å². The first-order chi connectivity index (χ1) is 8.08. The Morgan fingerprint density at radius 2 is 2.12 bits per heavy atom. The Morgan fingerprint density at radius 3 is 2.76 bits per heavy atom. The van der Waals surface area contributed by atoms with Crippen LogP contribution >= 0.6 is 11.8 Å². The summed E-state index contributed by atoms with van der Waals surface area (Å²) >= 11 is 1.48. The summed E-state index contributed by atoms with van der Waals surface area (Å²) < 4.78 is 25.8. The predicted molar refractivity (Wildman–Crippen MR) is 61.0 cm³/mol. The molecule has 17 heavy (non-hydrogen) atoms. The van der Waals surface area contributed by atoms with E-state index in [1.54, 1.807) is 0 Å². The molecule has 0 spiro atoms. The van der Waals surface area contributed by atoms with Gasteiger partial charge in [0.1, 0.15) is 6.04 Å². The number of benzene rings is 1. The molecule has 3 nitrogen and oxygen atoms in total. The van der Waals surface area contributed by atoms with Gasteiger partial charge in [0.25, 0.3) is 0 Å². The fourth-order valence-corrected chi connectivity index (χ4v) is 2.84. The molecular formula is C11H11F2NO2S. The third-order valence-corrected chi connectivity index (χ3v) is 3.75. The zero-order valence-electron chi connectivity index (χ0n) is 8.82. The Labute approximate surface area is 101 Å². The van der Waals surface area contributed by atoms with Crippen molar-refractivity contribution in [1.29, 1.82) is 0 Å². The predicted octanol–water partition coefficient (Wildman–Crippen LogP) is 1.80. The molecule has 2 N–H and O–H groups in total. The lowest BCUT2D eigenvalue weighted by atomic mass is 10.1. The minimum Gasteiger partial charge on any atom is -0.480 e. The summed E-state index contributed by atoms with van der Waals surface area (Å²) in [5.74, 6) is -1.60. The Morgan fingerprint density at radius 1 is 1.35 bits per heavy atom. The Hall–Kier alpha value is -1.14. The standard InChI is InChI=1S/C11H11F2NO2S/c12-7-2-1-6(3-8(7)13)9-4-17-5-10(14-9)11(15)16/h1-3,9-10,14H,4-5H2,(H,15,16).